The molecule has 2 amide bonds. The zero-order valence-electron chi connectivity index (χ0n) is 11.1. The number of amides is 2. The van der Waals surface area contributed by atoms with Crippen LogP contribution in [0.25, 0.3) is 0 Å². The lowest BCUT2D eigenvalue weighted by molar-refractivity contribution is -0.132. The van der Waals surface area contributed by atoms with Gasteiger partial charge in [0.25, 0.3) is 5.91 Å². The molecule has 0 N–H and O–H groups in total. The van der Waals surface area contributed by atoms with Gasteiger partial charge >= 0.3 is 0 Å². The molecule has 0 radical (unpaired) electrons. The standard InChI is InChI=1S/C15H16N2O2/c1-3-15(4-2,10-16)17-13(18)9-11-7-5-6-8-12(11)14(17)19/h5-8H,3-4,9H2,1-2H3. The van der Waals surface area contributed by atoms with Crippen molar-refractivity contribution in [3.63, 3.8) is 0 Å². The monoisotopic (exact) mass is 256 g/mol. The summed E-state index contributed by atoms with van der Waals surface area (Å²) in [6, 6.07) is 9.25. The van der Waals surface area contributed by atoms with Crippen molar-refractivity contribution in [1.82, 2.24) is 4.90 Å². The molecular formula is C15H16N2O2. The molecule has 2 rings (SSSR count). The fraction of sp³-hybridized carbons (Fsp3) is 0.400. The van der Waals surface area contributed by atoms with Crippen LogP contribution in [-0.2, 0) is 11.2 Å². The largest absolute Gasteiger partial charge is 0.274 e. The molecule has 0 saturated carbocycles. The first-order chi connectivity index (χ1) is 9.09. The second-order valence-electron chi connectivity index (χ2n) is 4.72. The first-order valence-electron chi connectivity index (χ1n) is 6.46. The number of hydrogen-bond donors (Lipinski definition) is 0. The van der Waals surface area contributed by atoms with E-state index in [1.807, 2.05) is 19.9 Å². The van der Waals surface area contributed by atoms with Crippen LogP contribution in [0.3, 0.4) is 0 Å². The molecule has 0 aliphatic carbocycles. The van der Waals surface area contributed by atoms with Crippen LogP contribution in [0.5, 0.6) is 0 Å². The molecule has 1 aromatic rings. The van der Waals surface area contributed by atoms with Crippen LogP contribution in [0, 0.1) is 11.3 Å². The SMILES string of the molecule is CCC(C#N)(CC)N1C(=O)Cc2ccccc2C1=O. The van der Waals surface area contributed by atoms with Crippen molar-refractivity contribution in [2.24, 2.45) is 0 Å². The molecule has 4 heteroatoms. The fourth-order valence-corrected chi connectivity index (χ4v) is 2.57. The number of hydrogen-bond acceptors (Lipinski definition) is 3. The number of nitrogens with zero attached hydrogens (tertiary/aromatic N) is 2. The quantitative estimate of drug-likeness (QED) is 0.779. The Morgan fingerprint density at radius 2 is 1.89 bits per heavy atom. The zero-order valence-corrected chi connectivity index (χ0v) is 11.1. The van der Waals surface area contributed by atoms with Crippen molar-refractivity contribution in [2.45, 2.75) is 38.6 Å². The van der Waals surface area contributed by atoms with Gasteiger partial charge in [-0.2, -0.15) is 5.26 Å². The smallest absolute Gasteiger partial charge is 0.262 e. The molecule has 0 bridgehead atoms. The zero-order chi connectivity index (χ0) is 14.0. The number of carbonyl (C=O) groups excluding carboxylic acids is 2. The van der Waals surface area contributed by atoms with E-state index in [1.165, 1.54) is 0 Å². The third-order valence-electron chi connectivity index (χ3n) is 3.85. The molecule has 0 spiro atoms. The number of carbonyl (C=O) groups is 2. The Morgan fingerprint density at radius 1 is 1.26 bits per heavy atom. The maximum absolute atomic E-state index is 12.5. The average molecular weight is 256 g/mol. The predicted molar refractivity (Wildman–Crippen MR) is 70.2 cm³/mol. The van der Waals surface area contributed by atoms with Crippen molar-refractivity contribution < 1.29 is 9.59 Å². The van der Waals surface area contributed by atoms with Gasteiger partial charge in [0, 0.05) is 5.56 Å². The highest BCUT2D eigenvalue weighted by atomic mass is 16.2. The van der Waals surface area contributed by atoms with Crippen molar-refractivity contribution in [3.8, 4) is 6.07 Å². The van der Waals surface area contributed by atoms with Gasteiger partial charge in [-0.1, -0.05) is 32.0 Å². The maximum Gasteiger partial charge on any atom is 0.262 e. The van der Waals surface area contributed by atoms with Crippen LogP contribution in [0.1, 0.15) is 42.6 Å². The normalized spacial score (nSPS) is 15.1. The lowest BCUT2D eigenvalue weighted by atomic mass is 9.87. The molecule has 4 nitrogen and oxygen atoms in total. The van der Waals surface area contributed by atoms with Crippen molar-refractivity contribution >= 4 is 11.8 Å². The summed E-state index contributed by atoms with van der Waals surface area (Å²) >= 11 is 0. The summed E-state index contributed by atoms with van der Waals surface area (Å²) in [5.41, 5.74) is 0.248. The van der Waals surface area contributed by atoms with E-state index in [-0.39, 0.29) is 18.2 Å². The summed E-state index contributed by atoms with van der Waals surface area (Å²) in [4.78, 5) is 25.9. The van der Waals surface area contributed by atoms with E-state index in [9.17, 15) is 14.9 Å². The Kier molecular flexibility index (Phi) is 3.39. The molecule has 1 aliphatic rings. The minimum Gasteiger partial charge on any atom is -0.274 e. The number of imide groups is 1. The molecular weight excluding hydrogens is 240 g/mol. The third kappa shape index (κ3) is 1.91. The number of rotatable bonds is 3. The second kappa shape index (κ2) is 4.85. The Bertz CT molecular complexity index is 568. The Hall–Kier alpha value is -2.15. The highest BCUT2D eigenvalue weighted by Gasteiger charge is 2.44. The fourth-order valence-electron chi connectivity index (χ4n) is 2.57. The van der Waals surface area contributed by atoms with Crippen LogP contribution in [-0.4, -0.2) is 22.3 Å². The van der Waals surface area contributed by atoms with E-state index < -0.39 is 5.54 Å². The van der Waals surface area contributed by atoms with E-state index >= 15 is 0 Å². The summed E-state index contributed by atoms with van der Waals surface area (Å²) in [6.45, 7) is 3.65. The first-order valence-corrected chi connectivity index (χ1v) is 6.46. The second-order valence-corrected chi connectivity index (χ2v) is 4.72. The molecule has 0 saturated heterocycles. The first kappa shape index (κ1) is 13.3. The van der Waals surface area contributed by atoms with E-state index in [0.717, 1.165) is 10.5 Å². The van der Waals surface area contributed by atoms with Gasteiger partial charge in [-0.3, -0.25) is 14.5 Å². The minimum atomic E-state index is -1.03. The number of fused-ring (bicyclic) bond motifs is 1. The number of nitriles is 1. The van der Waals surface area contributed by atoms with E-state index in [1.54, 1.807) is 18.2 Å². The maximum atomic E-state index is 12.5. The summed E-state index contributed by atoms with van der Waals surface area (Å²) in [5, 5.41) is 9.42. The summed E-state index contributed by atoms with van der Waals surface area (Å²) in [5.74, 6) is -0.633. The van der Waals surface area contributed by atoms with Gasteiger partial charge in [-0.15, -0.1) is 0 Å². The average Bonchev–Trinajstić information content (AvgIpc) is 2.44. The third-order valence-corrected chi connectivity index (χ3v) is 3.85. The minimum absolute atomic E-state index is 0.186. The lowest BCUT2D eigenvalue weighted by Gasteiger charge is -2.38. The van der Waals surface area contributed by atoms with Gasteiger partial charge in [0.15, 0.2) is 0 Å². The van der Waals surface area contributed by atoms with Gasteiger partial charge in [0.1, 0.15) is 5.54 Å². The number of benzene rings is 1. The van der Waals surface area contributed by atoms with Gasteiger partial charge < -0.3 is 0 Å². The molecule has 1 aromatic carbocycles. The Morgan fingerprint density at radius 3 is 2.47 bits per heavy atom. The van der Waals surface area contributed by atoms with Crippen LogP contribution < -0.4 is 0 Å². The van der Waals surface area contributed by atoms with Crippen LogP contribution in [0.2, 0.25) is 0 Å². The molecule has 98 valence electrons. The van der Waals surface area contributed by atoms with Crippen LogP contribution in [0.4, 0.5) is 0 Å². The highest BCUT2D eigenvalue weighted by molar-refractivity contribution is 6.10. The van der Waals surface area contributed by atoms with Crippen molar-refractivity contribution in [1.29, 1.82) is 5.26 Å². The van der Waals surface area contributed by atoms with Crippen LogP contribution in [0.15, 0.2) is 24.3 Å². The highest BCUT2D eigenvalue weighted by Crippen LogP contribution is 2.30. The summed E-state index contributed by atoms with van der Waals surface area (Å²) < 4.78 is 0. The van der Waals surface area contributed by atoms with E-state index in [0.29, 0.717) is 18.4 Å². The van der Waals surface area contributed by atoms with Gasteiger partial charge in [0.2, 0.25) is 5.91 Å². The van der Waals surface area contributed by atoms with E-state index in [2.05, 4.69) is 6.07 Å². The topological polar surface area (TPSA) is 61.2 Å². The van der Waals surface area contributed by atoms with Crippen LogP contribution >= 0.6 is 0 Å². The van der Waals surface area contributed by atoms with Gasteiger partial charge in [0.05, 0.1) is 12.5 Å². The van der Waals surface area contributed by atoms with Gasteiger partial charge in [-0.25, -0.2) is 0 Å². The van der Waals surface area contributed by atoms with Crippen molar-refractivity contribution in [3.05, 3.63) is 35.4 Å². The summed E-state index contributed by atoms with van der Waals surface area (Å²) in [7, 11) is 0. The summed E-state index contributed by atoms with van der Waals surface area (Å²) in [6.07, 6.45) is 1.07. The molecule has 1 heterocycles. The van der Waals surface area contributed by atoms with Gasteiger partial charge in [-0.05, 0) is 24.5 Å². The Labute approximate surface area is 112 Å². The Balaban J connectivity index is 2.53. The lowest BCUT2D eigenvalue weighted by Crippen LogP contribution is -2.56. The predicted octanol–water partition coefficient (Wildman–Crippen LogP) is 2.29. The molecule has 0 fully saturated rings. The molecule has 0 aromatic heterocycles. The molecule has 19 heavy (non-hydrogen) atoms. The van der Waals surface area contributed by atoms with Crippen molar-refractivity contribution in [2.75, 3.05) is 0 Å². The van der Waals surface area contributed by atoms with E-state index in [4.69, 9.17) is 0 Å². The molecule has 0 atom stereocenters. The molecule has 1 aliphatic heterocycles. The molecule has 0 unspecified atom stereocenters.